The van der Waals surface area contributed by atoms with Gasteiger partial charge in [-0.1, -0.05) is 5.10 Å². The molecule has 9 heavy (non-hydrogen) atoms. The second kappa shape index (κ2) is 1.48. The average Bonchev–Trinajstić information content (AvgIpc) is 2.33. The normalized spacial score (nSPS) is 10.2. The van der Waals surface area contributed by atoms with Crippen LogP contribution in [-0.4, -0.2) is 20.6 Å². The van der Waals surface area contributed by atoms with Gasteiger partial charge in [-0.15, -0.1) is 5.10 Å². The summed E-state index contributed by atoms with van der Waals surface area (Å²) in [6, 6.07) is 1.68. The lowest BCUT2D eigenvalue weighted by Gasteiger charge is -1.76. The zero-order chi connectivity index (χ0) is 6.10. The molecule has 0 bridgehead atoms. The topological polar surface area (TPSA) is 64.7 Å². The predicted octanol–water partition coefficient (Wildman–Crippen LogP) is 0.0128. The van der Waals surface area contributed by atoms with Crippen molar-refractivity contribution in [1.82, 2.24) is 20.6 Å². The Hall–Kier alpha value is -1.52. The minimum absolute atomic E-state index is 0.421. The van der Waals surface area contributed by atoms with Crippen LogP contribution in [0, 0.1) is 0 Å². The zero-order valence-corrected chi connectivity index (χ0v) is 4.35. The third kappa shape index (κ3) is 0.543. The fourth-order valence-electron chi connectivity index (χ4n) is 0.574. The van der Waals surface area contributed by atoms with Gasteiger partial charge in [-0.3, -0.25) is 0 Å². The highest BCUT2D eigenvalue weighted by Crippen LogP contribution is 2.04. The molecule has 0 aliphatic heterocycles. The molecule has 0 aliphatic rings. The van der Waals surface area contributed by atoms with Crippen LogP contribution < -0.4 is 0 Å². The van der Waals surface area contributed by atoms with Crippen LogP contribution >= 0.6 is 0 Å². The Bertz CT molecular complexity index is 287. The standard InChI is InChI=1S/C4H2N4O/c1-2-9-4-3(1)5-7-8-6-4/h1-2H. The predicted molar refractivity (Wildman–Crippen MR) is 27.4 cm³/mol. The van der Waals surface area contributed by atoms with Gasteiger partial charge in [0.05, 0.1) is 6.26 Å². The summed E-state index contributed by atoms with van der Waals surface area (Å²) in [4.78, 5) is 0. The molecular weight excluding hydrogens is 120 g/mol. The molecule has 0 fully saturated rings. The van der Waals surface area contributed by atoms with Crippen molar-refractivity contribution in [3.05, 3.63) is 12.3 Å². The van der Waals surface area contributed by atoms with E-state index in [1.165, 1.54) is 6.26 Å². The minimum Gasteiger partial charge on any atom is -0.444 e. The smallest absolute Gasteiger partial charge is 0.268 e. The Morgan fingerprint density at radius 2 is 2.11 bits per heavy atom. The number of furan rings is 1. The first-order chi connectivity index (χ1) is 4.47. The molecule has 0 spiro atoms. The Morgan fingerprint density at radius 1 is 1.22 bits per heavy atom. The molecule has 0 N–H and O–H groups in total. The Morgan fingerprint density at radius 3 is 3.00 bits per heavy atom. The third-order valence-corrected chi connectivity index (χ3v) is 0.953. The van der Waals surface area contributed by atoms with Crippen LogP contribution in [0.3, 0.4) is 0 Å². The monoisotopic (exact) mass is 122 g/mol. The lowest BCUT2D eigenvalue weighted by atomic mass is 10.6. The summed E-state index contributed by atoms with van der Waals surface area (Å²) >= 11 is 0. The third-order valence-electron chi connectivity index (χ3n) is 0.953. The molecule has 0 amide bonds. The summed E-state index contributed by atoms with van der Waals surface area (Å²) in [7, 11) is 0. The van der Waals surface area contributed by atoms with Gasteiger partial charge >= 0.3 is 0 Å². The quantitative estimate of drug-likeness (QED) is 0.492. The van der Waals surface area contributed by atoms with Crippen LogP contribution in [0.25, 0.3) is 11.2 Å². The van der Waals surface area contributed by atoms with Crippen molar-refractivity contribution in [2.24, 2.45) is 0 Å². The maximum absolute atomic E-state index is 4.84. The SMILES string of the molecule is c1cc2nnnnc2o1. The van der Waals surface area contributed by atoms with Crippen molar-refractivity contribution in [2.45, 2.75) is 0 Å². The summed E-state index contributed by atoms with van der Waals surface area (Å²) < 4.78 is 4.84. The molecule has 44 valence electrons. The van der Waals surface area contributed by atoms with Gasteiger partial charge in [0.1, 0.15) is 0 Å². The number of rotatable bonds is 0. The maximum Gasteiger partial charge on any atom is 0.268 e. The molecule has 0 atom stereocenters. The van der Waals surface area contributed by atoms with Crippen molar-refractivity contribution >= 4 is 11.2 Å². The van der Waals surface area contributed by atoms with Gasteiger partial charge in [-0.05, 0) is 10.4 Å². The van der Waals surface area contributed by atoms with Gasteiger partial charge in [-0.2, -0.15) is 0 Å². The van der Waals surface area contributed by atoms with Crippen LogP contribution in [-0.2, 0) is 0 Å². The van der Waals surface area contributed by atoms with Crippen LogP contribution in [0.5, 0.6) is 0 Å². The van der Waals surface area contributed by atoms with Gasteiger partial charge in [0, 0.05) is 6.07 Å². The fourth-order valence-corrected chi connectivity index (χ4v) is 0.574. The summed E-state index contributed by atoms with van der Waals surface area (Å²) in [5.74, 6) is 0. The van der Waals surface area contributed by atoms with Crippen molar-refractivity contribution < 1.29 is 4.42 Å². The van der Waals surface area contributed by atoms with Gasteiger partial charge in [0.25, 0.3) is 5.71 Å². The molecule has 5 heteroatoms. The number of fused-ring (bicyclic) bond motifs is 1. The van der Waals surface area contributed by atoms with E-state index >= 15 is 0 Å². The Labute approximate surface area is 49.7 Å². The minimum atomic E-state index is 0.421. The molecule has 0 radical (unpaired) electrons. The molecule has 0 unspecified atom stereocenters. The van der Waals surface area contributed by atoms with Gasteiger partial charge < -0.3 is 4.42 Å². The highest BCUT2D eigenvalue weighted by molar-refractivity contribution is 5.65. The Balaban J connectivity index is 2.95. The van der Waals surface area contributed by atoms with Crippen LogP contribution in [0.15, 0.2) is 16.7 Å². The molecule has 0 aromatic carbocycles. The van der Waals surface area contributed by atoms with E-state index in [0.717, 1.165) is 0 Å². The van der Waals surface area contributed by atoms with E-state index in [4.69, 9.17) is 4.42 Å². The molecule has 0 saturated carbocycles. The van der Waals surface area contributed by atoms with Gasteiger partial charge in [0.15, 0.2) is 5.52 Å². The van der Waals surface area contributed by atoms with E-state index < -0.39 is 0 Å². The van der Waals surface area contributed by atoms with Crippen molar-refractivity contribution in [2.75, 3.05) is 0 Å². The first kappa shape index (κ1) is 4.37. The lowest BCUT2D eigenvalue weighted by molar-refractivity contribution is 0.587. The number of hydrogen-bond donors (Lipinski definition) is 0. The molecule has 2 heterocycles. The van der Waals surface area contributed by atoms with E-state index in [-0.39, 0.29) is 0 Å². The average molecular weight is 122 g/mol. The van der Waals surface area contributed by atoms with Crippen molar-refractivity contribution in [3.63, 3.8) is 0 Å². The van der Waals surface area contributed by atoms with Gasteiger partial charge in [-0.25, -0.2) is 0 Å². The molecule has 2 aromatic rings. The number of nitrogens with zero attached hydrogens (tertiary/aromatic N) is 4. The van der Waals surface area contributed by atoms with Crippen LogP contribution in [0.4, 0.5) is 0 Å². The van der Waals surface area contributed by atoms with E-state index in [1.54, 1.807) is 6.07 Å². The second-order valence-corrected chi connectivity index (χ2v) is 1.49. The molecule has 0 saturated heterocycles. The largest absolute Gasteiger partial charge is 0.444 e. The van der Waals surface area contributed by atoms with E-state index in [1.807, 2.05) is 0 Å². The van der Waals surface area contributed by atoms with Crippen molar-refractivity contribution in [3.8, 4) is 0 Å². The highest BCUT2D eigenvalue weighted by atomic mass is 16.3. The van der Waals surface area contributed by atoms with E-state index in [9.17, 15) is 0 Å². The summed E-state index contributed by atoms with van der Waals surface area (Å²) in [6.45, 7) is 0. The summed E-state index contributed by atoms with van der Waals surface area (Å²) in [5, 5.41) is 13.8. The lowest BCUT2D eigenvalue weighted by Crippen LogP contribution is -1.88. The molecular formula is C4H2N4O. The van der Waals surface area contributed by atoms with E-state index in [0.29, 0.717) is 11.2 Å². The summed E-state index contributed by atoms with van der Waals surface area (Å²) in [6.07, 6.45) is 1.49. The fraction of sp³-hybridized carbons (Fsp3) is 0. The molecule has 5 nitrogen and oxygen atoms in total. The Kier molecular flexibility index (Phi) is 0.717. The number of hydrogen-bond acceptors (Lipinski definition) is 5. The van der Waals surface area contributed by atoms with Crippen LogP contribution in [0.2, 0.25) is 0 Å². The van der Waals surface area contributed by atoms with Crippen molar-refractivity contribution in [1.29, 1.82) is 0 Å². The summed E-state index contributed by atoms with van der Waals surface area (Å²) in [5.41, 5.74) is 1.05. The first-order valence-corrected chi connectivity index (χ1v) is 2.36. The second-order valence-electron chi connectivity index (χ2n) is 1.49. The maximum atomic E-state index is 4.84. The molecule has 2 aromatic heterocycles. The first-order valence-electron chi connectivity index (χ1n) is 2.36. The molecule has 0 aliphatic carbocycles. The number of aromatic nitrogens is 4. The van der Waals surface area contributed by atoms with Gasteiger partial charge in [0.2, 0.25) is 0 Å². The molecule has 2 rings (SSSR count). The highest BCUT2D eigenvalue weighted by Gasteiger charge is 1.95. The van der Waals surface area contributed by atoms with Crippen LogP contribution in [0.1, 0.15) is 0 Å². The van der Waals surface area contributed by atoms with E-state index in [2.05, 4.69) is 20.6 Å². The zero-order valence-electron chi connectivity index (χ0n) is 4.35.